The van der Waals surface area contributed by atoms with Crippen molar-refractivity contribution >= 4 is 21.6 Å². The second-order valence-electron chi connectivity index (χ2n) is 6.30. The normalized spacial score (nSPS) is 11.0. The van der Waals surface area contributed by atoms with Crippen molar-refractivity contribution in [3.8, 4) is 11.5 Å². The van der Waals surface area contributed by atoms with Crippen LogP contribution in [-0.2, 0) is 16.6 Å². The topological polar surface area (TPSA) is 108 Å². The molecule has 0 aliphatic heterocycles. The summed E-state index contributed by atoms with van der Waals surface area (Å²) in [7, 11) is -2.61. The standard InChI is InChI=1S/C21H19FN2O5S/c1-28-20-10-9-18(30(23,26)27)12-19(20)21(25)24-16-3-2-4-17(11-16)29-13-14-5-7-15(22)8-6-14/h2-12H,13H2,1H3,(H,24,25)(H2,23,26,27). The summed E-state index contributed by atoms with van der Waals surface area (Å²) in [4.78, 5) is 12.5. The van der Waals surface area contributed by atoms with Gasteiger partial charge in [0.1, 0.15) is 23.9 Å². The quantitative estimate of drug-likeness (QED) is 0.598. The first-order valence-corrected chi connectivity index (χ1v) is 10.3. The fraction of sp³-hybridized carbons (Fsp3) is 0.0952. The molecule has 156 valence electrons. The van der Waals surface area contributed by atoms with E-state index in [4.69, 9.17) is 14.6 Å². The summed E-state index contributed by atoms with van der Waals surface area (Å²) in [5.41, 5.74) is 1.23. The predicted molar refractivity (Wildman–Crippen MR) is 109 cm³/mol. The van der Waals surface area contributed by atoms with Crippen LogP contribution in [0.5, 0.6) is 11.5 Å². The molecule has 3 aromatic carbocycles. The third-order valence-electron chi connectivity index (χ3n) is 4.15. The van der Waals surface area contributed by atoms with Gasteiger partial charge in [-0.1, -0.05) is 18.2 Å². The van der Waals surface area contributed by atoms with Gasteiger partial charge in [-0.3, -0.25) is 4.79 Å². The average molecular weight is 430 g/mol. The van der Waals surface area contributed by atoms with Gasteiger partial charge in [-0.05, 0) is 48.0 Å². The van der Waals surface area contributed by atoms with Gasteiger partial charge in [0.05, 0.1) is 17.6 Å². The number of hydrogen-bond acceptors (Lipinski definition) is 5. The first-order valence-electron chi connectivity index (χ1n) is 8.76. The highest BCUT2D eigenvalue weighted by atomic mass is 32.2. The summed E-state index contributed by atoms with van der Waals surface area (Å²) in [5, 5.41) is 7.82. The summed E-state index contributed by atoms with van der Waals surface area (Å²) < 4.78 is 47.0. The first kappa shape index (κ1) is 21.3. The largest absolute Gasteiger partial charge is 0.496 e. The van der Waals surface area contributed by atoms with E-state index in [9.17, 15) is 17.6 Å². The lowest BCUT2D eigenvalue weighted by Gasteiger charge is -2.12. The molecular weight excluding hydrogens is 411 g/mol. The molecule has 0 aliphatic rings. The summed E-state index contributed by atoms with van der Waals surface area (Å²) in [5.74, 6) is -0.218. The Labute approximate surface area is 173 Å². The summed E-state index contributed by atoms with van der Waals surface area (Å²) in [6, 6.07) is 16.4. The SMILES string of the molecule is COc1ccc(S(N)(=O)=O)cc1C(=O)Nc1cccc(OCc2ccc(F)cc2)c1. The lowest BCUT2D eigenvalue weighted by Crippen LogP contribution is -2.16. The summed E-state index contributed by atoms with van der Waals surface area (Å²) in [6.07, 6.45) is 0. The third-order valence-corrected chi connectivity index (χ3v) is 5.07. The number of amides is 1. The Morgan fingerprint density at radius 1 is 1.07 bits per heavy atom. The highest BCUT2D eigenvalue weighted by Gasteiger charge is 2.17. The van der Waals surface area contributed by atoms with Crippen LogP contribution < -0.4 is 19.9 Å². The number of methoxy groups -OCH3 is 1. The molecule has 0 saturated carbocycles. The number of hydrogen-bond donors (Lipinski definition) is 2. The summed E-state index contributed by atoms with van der Waals surface area (Å²) >= 11 is 0. The fourth-order valence-corrected chi connectivity index (χ4v) is 3.19. The van der Waals surface area contributed by atoms with Crippen molar-refractivity contribution in [1.29, 1.82) is 0 Å². The first-order chi connectivity index (χ1) is 14.3. The number of anilines is 1. The van der Waals surface area contributed by atoms with Crippen LogP contribution in [0.2, 0.25) is 0 Å². The van der Waals surface area contributed by atoms with Crippen molar-refractivity contribution in [2.75, 3.05) is 12.4 Å². The number of carbonyl (C=O) groups is 1. The third kappa shape index (κ3) is 5.34. The highest BCUT2D eigenvalue weighted by Crippen LogP contribution is 2.24. The molecule has 3 rings (SSSR count). The maximum Gasteiger partial charge on any atom is 0.259 e. The molecule has 3 aromatic rings. The fourth-order valence-electron chi connectivity index (χ4n) is 2.65. The molecule has 3 N–H and O–H groups in total. The smallest absolute Gasteiger partial charge is 0.259 e. The van der Waals surface area contributed by atoms with E-state index in [0.29, 0.717) is 11.4 Å². The molecule has 0 saturated heterocycles. The van der Waals surface area contributed by atoms with Gasteiger partial charge in [-0.25, -0.2) is 17.9 Å². The molecule has 0 aromatic heterocycles. The van der Waals surface area contributed by atoms with E-state index in [-0.39, 0.29) is 28.6 Å². The number of carbonyl (C=O) groups excluding carboxylic acids is 1. The minimum atomic E-state index is -3.98. The lowest BCUT2D eigenvalue weighted by molar-refractivity contribution is 0.102. The van der Waals surface area contributed by atoms with Gasteiger partial charge in [0.25, 0.3) is 5.91 Å². The number of benzene rings is 3. The van der Waals surface area contributed by atoms with Crippen LogP contribution in [0.4, 0.5) is 10.1 Å². The minimum absolute atomic E-state index is 0.0154. The zero-order valence-corrected chi connectivity index (χ0v) is 16.8. The molecule has 0 spiro atoms. The minimum Gasteiger partial charge on any atom is -0.496 e. The predicted octanol–water partition coefficient (Wildman–Crippen LogP) is 3.31. The van der Waals surface area contributed by atoms with Gasteiger partial charge in [0, 0.05) is 11.8 Å². The number of halogens is 1. The van der Waals surface area contributed by atoms with Crippen LogP contribution in [0.15, 0.2) is 71.6 Å². The van der Waals surface area contributed by atoms with Gasteiger partial charge in [0.2, 0.25) is 10.0 Å². The van der Waals surface area contributed by atoms with Crippen molar-refractivity contribution in [3.05, 3.63) is 83.7 Å². The van der Waals surface area contributed by atoms with Gasteiger partial charge in [-0.2, -0.15) is 0 Å². The van der Waals surface area contributed by atoms with E-state index in [0.717, 1.165) is 11.6 Å². The van der Waals surface area contributed by atoms with Crippen LogP contribution in [-0.4, -0.2) is 21.4 Å². The molecule has 0 fully saturated rings. The zero-order valence-electron chi connectivity index (χ0n) is 16.0. The molecule has 7 nitrogen and oxygen atoms in total. The van der Waals surface area contributed by atoms with E-state index in [1.807, 2.05) is 0 Å². The molecule has 30 heavy (non-hydrogen) atoms. The number of rotatable bonds is 7. The maximum absolute atomic E-state index is 13.0. The van der Waals surface area contributed by atoms with Gasteiger partial charge < -0.3 is 14.8 Å². The van der Waals surface area contributed by atoms with Gasteiger partial charge >= 0.3 is 0 Å². The highest BCUT2D eigenvalue weighted by molar-refractivity contribution is 7.89. The Kier molecular flexibility index (Phi) is 6.34. The van der Waals surface area contributed by atoms with Crippen molar-refractivity contribution in [1.82, 2.24) is 0 Å². The second kappa shape index (κ2) is 8.93. The number of sulfonamides is 1. The van der Waals surface area contributed by atoms with E-state index in [2.05, 4.69) is 5.32 Å². The Morgan fingerprint density at radius 2 is 1.80 bits per heavy atom. The van der Waals surface area contributed by atoms with E-state index < -0.39 is 15.9 Å². The second-order valence-corrected chi connectivity index (χ2v) is 7.87. The number of ether oxygens (including phenoxy) is 2. The number of nitrogens with two attached hydrogens (primary N) is 1. The van der Waals surface area contributed by atoms with Crippen molar-refractivity contribution in [2.45, 2.75) is 11.5 Å². The number of nitrogens with one attached hydrogen (secondary N) is 1. The molecule has 0 radical (unpaired) electrons. The summed E-state index contributed by atoms with van der Waals surface area (Å²) in [6.45, 7) is 0.224. The van der Waals surface area contributed by atoms with Crippen molar-refractivity contribution in [2.24, 2.45) is 5.14 Å². The molecule has 0 unspecified atom stereocenters. The van der Waals surface area contributed by atoms with Crippen LogP contribution in [0.3, 0.4) is 0 Å². The van der Waals surface area contributed by atoms with Crippen molar-refractivity contribution < 1.29 is 27.1 Å². The van der Waals surface area contributed by atoms with Crippen LogP contribution in [0, 0.1) is 5.82 Å². The average Bonchev–Trinajstić information content (AvgIpc) is 2.72. The lowest BCUT2D eigenvalue weighted by atomic mass is 10.1. The van der Waals surface area contributed by atoms with Crippen molar-refractivity contribution in [3.63, 3.8) is 0 Å². The number of primary sulfonamides is 1. The van der Waals surface area contributed by atoms with Crippen LogP contribution >= 0.6 is 0 Å². The zero-order chi connectivity index (χ0) is 21.7. The molecule has 9 heteroatoms. The van der Waals surface area contributed by atoms with E-state index in [1.165, 1.54) is 31.4 Å². The molecule has 0 heterocycles. The Hall–Kier alpha value is -3.43. The van der Waals surface area contributed by atoms with Crippen LogP contribution in [0.25, 0.3) is 0 Å². The Balaban J connectivity index is 1.75. The molecule has 0 atom stereocenters. The van der Waals surface area contributed by atoms with Crippen LogP contribution in [0.1, 0.15) is 15.9 Å². The molecule has 0 bridgehead atoms. The van der Waals surface area contributed by atoms with Gasteiger partial charge in [-0.15, -0.1) is 0 Å². The van der Waals surface area contributed by atoms with E-state index >= 15 is 0 Å². The van der Waals surface area contributed by atoms with Gasteiger partial charge in [0.15, 0.2) is 0 Å². The van der Waals surface area contributed by atoms with E-state index in [1.54, 1.807) is 36.4 Å². The molecular formula is C21H19FN2O5S. The Bertz CT molecular complexity index is 1160. The Morgan fingerprint density at radius 3 is 2.47 bits per heavy atom. The molecule has 0 aliphatic carbocycles. The monoisotopic (exact) mass is 430 g/mol. The maximum atomic E-state index is 13.0. The molecule has 1 amide bonds.